The van der Waals surface area contributed by atoms with Gasteiger partial charge in [0, 0.05) is 41.3 Å². The molecule has 5 N–H and O–H groups in total. The number of halogens is 2. The van der Waals surface area contributed by atoms with E-state index in [-0.39, 0.29) is 0 Å². The molecule has 0 saturated carbocycles. The molecule has 0 aliphatic heterocycles. The van der Waals surface area contributed by atoms with Crippen molar-refractivity contribution >= 4 is 34.6 Å². The van der Waals surface area contributed by atoms with Crippen molar-refractivity contribution in [3.63, 3.8) is 0 Å². The van der Waals surface area contributed by atoms with E-state index in [2.05, 4.69) is 4.98 Å². The number of pyridine rings is 1. The minimum atomic E-state index is -0.408. The lowest BCUT2D eigenvalue weighted by Gasteiger charge is -2.18. The molecule has 0 fully saturated rings. The Morgan fingerprint density at radius 3 is 2.54 bits per heavy atom. The van der Waals surface area contributed by atoms with Crippen molar-refractivity contribution in [1.82, 2.24) is 4.98 Å². The van der Waals surface area contributed by atoms with E-state index in [1.54, 1.807) is 18.2 Å². The number of rotatable bonds is 6. The van der Waals surface area contributed by atoms with Gasteiger partial charge in [0.05, 0.1) is 15.8 Å². The van der Waals surface area contributed by atoms with Gasteiger partial charge in [-0.1, -0.05) is 41.4 Å². The fraction of sp³-hybridized carbons (Fsp3) is 0.143. The van der Waals surface area contributed by atoms with Crippen molar-refractivity contribution in [1.29, 1.82) is 5.41 Å². The molecule has 0 aliphatic rings. The van der Waals surface area contributed by atoms with Gasteiger partial charge < -0.3 is 16.2 Å². The Morgan fingerprint density at radius 1 is 1.14 bits per heavy atom. The van der Waals surface area contributed by atoms with Crippen molar-refractivity contribution in [3.05, 3.63) is 87.2 Å². The molecule has 1 atom stereocenters. The summed E-state index contributed by atoms with van der Waals surface area (Å²) in [6, 6.07) is 12.7. The number of hydrogen-bond donors (Lipinski definition) is 3. The Labute approximate surface area is 173 Å². The Bertz CT molecular complexity index is 1000. The quantitative estimate of drug-likeness (QED) is 0.390. The van der Waals surface area contributed by atoms with E-state index in [1.165, 1.54) is 12.4 Å². The number of anilines is 1. The lowest BCUT2D eigenvalue weighted by Crippen LogP contribution is -2.09. The number of nitrogen functional groups attached to an aromatic ring is 1. The fourth-order valence-electron chi connectivity index (χ4n) is 2.91. The maximum absolute atomic E-state index is 8.57. The van der Waals surface area contributed by atoms with Crippen molar-refractivity contribution in [2.75, 3.05) is 5.73 Å². The Morgan fingerprint density at radius 2 is 1.86 bits per heavy atom. The zero-order valence-corrected chi connectivity index (χ0v) is 16.8. The zero-order chi connectivity index (χ0) is 20.3. The molecule has 0 spiro atoms. The van der Waals surface area contributed by atoms with E-state index >= 15 is 0 Å². The van der Waals surface area contributed by atoms with E-state index < -0.39 is 6.10 Å². The SMILES string of the molecule is C[C@@H](Oc1ccc(N)c(C(=N)c2cccc(CN)c2)c1)c1c(Cl)cncc1Cl. The summed E-state index contributed by atoms with van der Waals surface area (Å²) < 4.78 is 6.02. The van der Waals surface area contributed by atoms with Crippen molar-refractivity contribution in [2.24, 2.45) is 5.73 Å². The highest BCUT2D eigenvalue weighted by Gasteiger charge is 2.17. The molecule has 3 rings (SSSR count). The predicted molar refractivity (Wildman–Crippen MR) is 114 cm³/mol. The summed E-state index contributed by atoms with van der Waals surface area (Å²) in [5.41, 5.74) is 15.5. The summed E-state index contributed by atoms with van der Waals surface area (Å²) in [6.45, 7) is 2.25. The molecule has 0 amide bonds. The van der Waals surface area contributed by atoms with Crippen LogP contribution < -0.4 is 16.2 Å². The standard InChI is InChI=1S/C21H20Cl2N4O/c1-12(20-17(22)10-27-11-18(20)23)28-15-5-6-19(25)16(8-15)21(26)14-4-2-3-13(7-14)9-24/h2-8,10-12,26H,9,24-25H2,1H3/t12-/m1/s1. The van der Waals surface area contributed by atoms with Crippen molar-refractivity contribution in [2.45, 2.75) is 19.6 Å². The van der Waals surface area contributed by atoms with Gasteiger partial charge in [-0.05, 0) is 36.8 Å². The van der Waals surface area contributed by atoms with Crippen LogP contribution in [0, 0.1) is 5.41 Å². The third kappa shape index (κ3) is 4.28. The molecule has 0 unspecified atom stereocenters. The normalized spacial score (nSPS) is 11.9. The molecule has 2 aromatic carbocycles. The van der Waals surface area contributed by atoms with Crippen LogP contribution >= 0.6 is 23.2 Å². The van der Waals surface area contributed by atoms with Gasteiger partial charge in [-0.3, -0.25) is 10.4 Å². The van der Waals surface area contributed by atoms with E-state index in [1.807, 2.05) is 31.2 Å². The molecular weight excluding hydrogens is 395 g/mol. The van der Waals surface area contributed by atoms with E-state index in [4.69, 9.17) is 44.8 Å². The highest BCUT2D eigenvalue weighted by Crippen LogP contribution is 2.33. The van der Waals surface area contributed by atoms with Crippen molar-refractivity contribution < 1.29 is 4.74 Å². The summed E-state index contributed by atoms with van der Waals surface area (Å²) in [7, 11) is 0. The van der Waals surface area contributed by atoms with E-state index in [9.17, 15) is 0 Å². The smallest absolute Gasteiger partial charge is 0.124 e. The van der Waals surface area contributed by atoms with E-state index in [0.29, 0.717) is 44.9 Å². The van der Waals surface area contributed by atoms with Crippen LogP contribution in [0.15, 0.2) is 54.9 Å². The van der Waals surface area contributed by atoms with Gasteiger partial charge in [-0.25, -0.2) is 0 Å². The second kappa shape index (κ2) is 8.61. The van der Waals surface area contributed by atoms with Crippen LogP contribution in [0.1, 0.15) is 35.3 Å². The number of ether oxygens (including phenoxy) is 1. The van der Waals surface area contributed by atoms with Gasteiger partial charge in [0.1, 0.15) is 11.9 Å². The maximum atomic E-state index is 8.57. The first kappa shape index (κ1) is 20.1. The average Bonchev–Trinajstić information content (AvgIpc) is 2.69. The number of nitrogens with two attached hydrogens (primary N) is 2. The average molecular weight is 415 g/mol. The molecule has 0 aliphatic carbocycles. The lowest BCUT2D eigenvalue weighted by molar-refractivity contribution is 0.227. The molecule has 1 heterocycles. The van der Waals surface area contributed by atoms with Gasteiger partial charge in [0.2, 0.25) is 0 Å². The molecule has 0 saturated heterocycles. The second-order valence-corrected chi connectivity index (χ2v) is 7.12. The van der Waals surface area contributed by atoms with Crippen LogP contribution in [0.5, 0.6) is 5.75 Å². The number of nitrogens with one attached hydrogen (secondary N) is 1. The number of hydrogen-bond acceptors (Lipinski definition) is 5. The third-order valence-corrected chi connectivity index (χ3v) is 4.96. The van der Waals surface area contributed by atoms with Crippen LogP contribution in [-0.2, 0) is 6.54 Å². The third-order valence-electron chi connectivity index (χ3n) is 4.36. The summed E-state index contributed by atoms with van der Waals surface area (Å²) in [4.78, 5) is 3.96. The second-order valence-electron chi connectivity index (χ2n) is 6.31. The number of aromatic nitrogens is 1. The predicted octanol–water partition coefficient (Wildman–Crippen LogP) is 4.99. The van der Waals surface area contributed by atoms with Crippen LogP contribution in [0.25, 0.3) is 0 Å². The van der Waals surface area contributed by atoms with E-state index in [0.717, 1.165) is 11.1 Å². The fourth-order valence-corrected chi connectivity index (χ4v) is 3.58. The molecule has 0 bridgehead atoms. The first-order chi connectivity index (χ1) is 13.4. The topological polar surface area (TPSA) is 98.0 Å². The van der Waals surface area contributed by atoms with Gasteiger partial charge >= 0.3 is 0 Å². The molecule has 28 heavy (non-hydrogen) atoms. The van der Waals surface area contributed by atoms with Crippen LogP contribution in [0.2, 0.25) is 10.0 Å². The monoisotopic (exact) mass is 414 g/mol. The zero-order valence-electron chi connectivity index (χ0n) is 15.2. The maximum Gasteiger partial charge on any atom is 0.124 e. The summed E-state index contributed by atoms with van der Waals surface area (Å²) in [5, 5.41) is 9.43. The molecule has 5 nitrogen and oxygen atoms in total. The number of nitrogens with zero attached hydrogens (tertiary/aromatic N) is 1. The van der Waals surface area contributed by atoms with Gasteiger partial charge in [-0.15, -0.1) is 0 Å². The number of benzene rings is 2. The first-order valence-electron chi connectivity index (χ1n) is 8.64. The minimum absolute atomic E-state index is 0.297. The van der Waals surface area contributed by atoms with Crippen LogP contribution in [0.3, 0.4) is 0 Å². The molecule has 1 aromatic heterocycles. The first-order valence-corrected chi connectivity index (χ1v) is 9.39. The lowest BCUT2D eigenvalue weighted by atomic mass is 9.99. The Kier molecular flexibility index (Phi) is 6.19. The van der Waals surface area contributed by atoms with Gasteiger partial charge in [0.15, 0.2) is 0 Å². The largest absolute Gasteiger partial charge is 0.486 e. The molecule has 7 heteroatoms. The van der Waals surface area contributed by atoms with Gasteiger partial charge in [0.25, 0.3) is 0 Å². The molecule has 144 valence electrons. The van der Waals surface area contributed by atoms with Crippen LogP contribution in [-0.4, -0.2) is 10.7 Å². The Balaban J connectivity index is 1.90. The summed E-state index contributed by atoms with van der Waals surface area (Å²) in [6.07, 6.45) is 2.64. The van der Waals surface area contributed by atoms with Gasteiger partial charge in [-0.2, -0.15) is 0 Å². The summed E-state index contributed by atoms with van der Waals surface area (Å²) >= 11 is 12.4. The van der Waals surface area contributed by atoms with Crippen LogP contribution in [0.4, 0.5) is 5.69 Å². The Hall–Kier alpha value is -2.60. The highest BCUT2D eigenvalue weighted by atomic mass is 35.5. The minimum Gasteiger partial charge on any atom is -0.486 e. The molecule has 3 aromatic rings. The molecule has 0 radical (unpaired) electrons. The summed E-state index contributed by atoms with van der Waals surface area (Å²) in [5.74, 6) is 0.556. The highest BCUT2D eigenvalue weighted by molar-refractivity contribution is 6.35. The van der Waals surface area contributed by atoms with Crippen molar-refractivity contribution in [3.8, 4) is 5.75 Å². The molecular formula is C21H20Cl2N4O.